The summed E-state index contributed by atoms with van der Waals surface area (Å²) < 4.78 is 0. The summed E-state index contributed by atoms with van der Waals surface area (Å²) >= 11 is 0. The molecule has 1 aliphatic heterocycles. The molecule has 15 heavy (non-hydrogen) atoms. The summed E-state index contributed by atoms with van der Waals surface area (Å²) in [6.45, 7) is 6.30. The van der Waals surface area contributed by atoms with Gasteiger partial charge in [0.15, 0.2) is 0 Å². The van der Waals surface area contributed by atoms with Crippen molar-refractivity contribution in [2.75, 3.05) is 19.6 Å². The van der Waals surface area contributed by atoms with Crippen molar-refractivity contribution in [3.05, 3.63) is 0 Å². The number of nitrogens with zero attached hydrogens (tertiary/aromatic N) is 1. The largest absolute Gasteiger partial charge is 0.481 e. The minimum absolute atomic E-state index is 0.277. The minimum Gasteiger partial charge on any atom is -0.481 e. The number of likely N-dealkylation sites (tertiary alicyclic amines) is 1. The Kier molecular flexibility index (Phi) is 4.11. The lowest BCUT2D eigenvalue weighted by Crippen LogP contribution is -2.29. The van der Waals surface area contributed by atoms with Crippen molar-refractivity contribution in [1.29, 1.82) is 0 Å². The van der Waals surface area contributed by atoms with Gasteiger partial charge in [-0.1, -0.05) is 0 Å². The van der Waals surface area contributed by atoms with E-state index in [4.69, 9.17) is 5.11 Å². The SMILES string of the molecule is CC(C)(O)CCN1CCC(CC(=O)O)C1. The van der Waals surface area contributed by atoms with Gasteiger partial charge in [-0.05, 0) is 39.2 Å². The molecule has 0 amide bonds. The molecule has 1 heterocycles. The predicted octanol–water partition coefficient (Wildman–Crippen LogP) is 0.944. The van der Waals surface area contributed by atoms with E-state index in [0.717, 1.165) is 32.5 Å². The van der Waals surface area contributed by atoms with E-state index in [0.29, 0.717) is 5.92 Å². The molecule has 1 fully saturated rings. The van der Waals surface area contributed by atoms with E-state index in [-0.39, 0.29) is 6.42 Å². The molecule has 0 radical (unpaired) electrons. The Morgan fingerprint density at radius 3 is 2.73 bits per heavy atom. The fraction of sp³-hybridized carbons (Fsp3) is 0.909. The van der Waals surface area contributed by atoms with Gasteiger partial charge in [-0.15, -0.1) is 0 Å². The molecule has 88 valence electrons. The third-order valence-corrected chi connectivity index (χ3v) is 2.87. The second-order valence-electron chi connectivity index (χ2n) is 5.12. The zero-order valence-corrected chi connectivity index (χ0v) is 9.57. The minimum atomic E-state index is -0.704. The third-order valence-electron chi connectivity index (χ3n) is 2.87. The summed E-state index contributed by atoms with van der Waals surface area (Å²) in [7, 11) is 0. The third kappa shape index (κ3) is 5.14. The maximum Gasteiger partial charge on any atom is 0.303 e. The number of aliphatic hydroxyl groups is 1. The first kappa shape index (κ1) is 12.5. The summed E-state index contributed by atoms with van der Waals surface area (Å²) in [6, 6.07) is 0. The van der Waals surface area contributed by atoms with Crippen molar-refractivity contribution < 1.29 is 15.0 Å². The standard InChI is InChI=1S/C11H21NO3/c1-11(2,15)4-6-12-5-3-9(8-12)7-10(13)14/h9,15H,3-8H2,1-2H3,(H,13,14). The van der Waals surface area contributed by atoms with E-state index in [1.165, 1.54) is 0 Å². The Bertz CT molecular complexity index is 222. The molecule has 0 aromatic heterocycles. The number of carboxylic acid groups (broad SMARTS) is 1. The monoisotopic (exact) mass is 215 g/mol. The molecule has 4 nitrogen and oxygen atoms in total. The van der Waals surface area contributed by atoms with Crippen LogP contribution in [0.3, 0.4) is 0 Å². The molecule has 1 rings (SSSR count). The molecular weight excluding hydrogens is 194 g/mol. The van der Waals surface area contributed by atoms with Gasteiger partial charge in [0.1, 0.15) is 0 Å². The van der Waals surface area contributed by atoms with Crippen LogP contribution >= 0.6 is 0 Å². The first-order valence-corrected chi connectivity index (χ1v) is 5.53. The second kappa shape index (κ2) is 4.94. The van der Waals surface area contributed by atoms with Gasteiger partial charge in [0.05, 0.1) is 5.60 Å². The Labute approximate surface area is 90.9 Å². The number of rotatable bonds is 5. The van der Waals surface area contributed by atoms with Crippen molar-refractivity contribution in [3.8, 4) is 0 Å². The Morgan fingerprint density at radius 1 is 1.53 bits per heavy atom. The lowest BCUT2D eigenvalue weighted by atomic mass is 10.0. The Balaban J connectivity index is 2.22. The highest BCUT2D eigenvalue weighted by molar-refractivity contribution is 5.67. The van der Waals surface area contributed by atoms with Gasteiger partial charge in [0.25, 0.3) is 0 Å². The summed E-state index contributed by atoms with van der Waals surface area (Å²) in [5.74, 6) is -0.409. The van der Waals surface area contributed by atoms with Crippen LogP contribution in [-0.2, 0) is 4.79 Å². The van der Waals surface area contributed by atoms with Gasteiger partial charge in [-0.3, -0.25) is 4.79 Å². The van der Waals surface area contributed by atoms with Crippen LogP contribution in [0.1, 0.15) is 33.1 Å². The molecule has 0 aromatic carbocycles. The molecule has 0 aliphatic carbocycles. The fourth-order valence-electron chi connectivity index (χ4n) is 1.96. The van der Waals surface area contributed by atoms with E-state index in [2.05, 4.69) is 4.90 Å². The lowest BCUT2D eigenvalue weighted by Gasteiger charge is -2.22. The van der Waals surface area contributed by atoms with Gasteiger partial charge in [0, 0.05) is 19.5 Å². The number of aliphatic carboxylic acids is 1. The van der Waals surface area contributed by atoms with Gasteiger partial charge >= 0.3 is 5.97 Å². The van der Waals surface area contributed by atoms with E-state index in [9.17, 15) is 9.90 Å². The number of carboxylic acids is 1. The van der Waals surface area contributed by atoms with Crippen LogP contribution in [-0.4, -0.2) is 46.3 Å². The molecule has 0 saturated carbocycles. The van der Waals surface area contributed by atoms with Crippen LogP contribution in [0.5, 0.6) is 0 Å². The van der Waals surface area contributed by atoms with Gasteiger partial charge < -0.3 is 15.1 Å². The quantitative estimate of drug-likeness (QED) is 0.716. The van der Waals surface area contributed by atoms with Crippen LogP contribution in [0, 0.1) is 5.92 Å². The highest BCUT2D eigenvalue weighted by Gasteiger charge is 2.25. The molecule has 4 heteroatoms. The van der Waals surface area contributed by atoms with Crippen LogP contribution in [0.4, 0.5) is 0 Å². The second-order valence-corrected chi connectivity index (χ2v) is 5.12. The average Bonchev–Trinajstić information content (AvgIpc) is 2.46. The van der Waals surface area contributed by atoms with Gasteiger partial charge in [-0.2, -0.15) is 0 Å². The number of hydrogen-bond acceptors (Lipinski definition) is 3. The normalized spacial score (nSPS) is 23.3. The molecule has 1 saturated heterocycles. The number of hydrogen-bond donors (Lipinski definition) is 2. The van der Waals surface area contributed by atoms with Crippen LogP contribution in [0.25, 0.3) is 0 Å². The molecule has 1 aliphatic rings. The predicted molar refractivity (Wildman–Crippen MR) is 57.7 cm³/mol. The molecule has 2 N–H and O–H groups in total. The van der Waals surface area contributed by atoms with Crippen molar-refractivity contribution >= 4 is 5.97 Å². The molecule has 0 aromatic rings. The highest BCUT2D eigenvalue weighted by Crippen LogP contribution is 2.20. The molecule has 1 unspecified atom stereocenters. The van der Waals surface area contributed by atoms with Crippen molar-refractivity contribution in [2.45, 2.75) is 38.7 Å². The van der Waals surface area contributed by atoms with Crippen LogP contribution in [0.2, 0.25) is 0 Å². The molecule has 1 atom stereocenters. The maximum atomic E-state index is 10.5. The first-order chi connectivity index (χ1) is 6.87. The summed E-state index contributed by atoms with van der Waals surface area (Å²) in [5.41, 5.74) is -0.620. The zero-order chi connectivity index (χ0) is 11.5. The van der Waals surface area contributed by atoms with Gasteiger partial charge in [-0.25, -0.2) is 0 Å². The lowest BCUT2D eigenvalue weighted by molar-refractivity contribution is -0.138. The van der Waals surface area contributed by atoms with E-state index < -0.39 is 11.6 Å². The first-order valence-electron chi connectivity index (χ1n) is 5.53. The van der Waals surface area contributed by atoms with E-state index in [1.54, 1.807) is 13.8 Å². The summed E-state index contributed by atoms with van der Waals surface area (Å²) in [4.78, 5) is 12.8. The van der Waals surface area contributed by atoms with Crippen molar-refractivity contribution in [1.82, 2.24) is 4.90 Å². The zero-order valence-electron chi connectivity index (χ0n) is 9.57. The summed E-state index contributed by atoms with van der Waals surface area (Å²) in [5, 5.41) is 18.2. The Morgan fingerprint density at radius 2 is 2.20 bits per heavy atom. The molecular formula is C11H21NO3. The van der Waals surface area contributed by atoms with E-state index in [1.807, 2.05) is 0 Å². The molecule has 0 spiro atoms. The smallest absolute Gasteiger partial charge is 0.303 e. The Hall–Kier alpha value is -0.610. The fourth-order valence-corrected chi connectivity index (χ4v) is 1.96. The average molecular weight is 215 g/mol. The van der Waals surface area contributed by atoms with Crippen molar-refractivity contribution in [2.24, 2.45) is 5.92 Å². The van der Waals surface area contributed by atoms with E-state index >= 15 is 0 Å². The number of carbonyl (C=O) groups is 1. The van der Waals surface area contributed by atoms with Crippen LogP contribution < -0.4 is 0 Å². The van der Waals surface area contributed by atoms with Crippen LogP contribution in [0.15, 0.2) is 0 Å². The van der Waals surface area contributed by atoms with Gasteiger partial charge in [0.2, 0.25) is 0 Å². The van der Waals surface area contributed by atoms with Crippen molar-refractivity contribution in [3.63, 3.8) is 0 Å². The molecule has 0 bridgehead atoms. The maximum absolute atomic E-state index is 10.5. The highest BCUT2D eigenvalue weighted by atomic mass is 16.4. The topological polar surface area (TPSA) is 60.8 Å². The summed E-state index contributed by atoms with van der Waals surface area (Å²) in [6.07, 6.45) is 1.99.